The van der Waals surface area contributed by atoms with Crippen LogP contribution in [0, 0.1) is 0 Å². The van der Waals surface area contributed by atoms with E-state index in [1.807, 2.05) is 21.1 Å². The van der Waals surface area contributed by atoms with E-state index in [2.05, 4.69) is 111 Å². The number of unbranched alkanes of at least 4 members (excludes halogenated alkanes) is 12. The van der Waals surface area contributed by atoms with Gasteiger partial charge in [-0.2, -0.15) is 0 Å². The van der Waals surface area contributed by atoms with Crippen molar-refractivity contribution in [2.45, 2.75) is 187 Å². The number of esters is 2. The first kappa shape index (κ1) is 58.2. The average molecular weight is 865 g/mol. The van der Waals surface area contributed by atoms with Crippen molar-refractivity contribution in [1.82, 2.24) is 0 Å². The molecular formula is C54H90NO7+. The van der Waals surface area contributed by atoms with Crippen LogP contribution in [0.3, 0.4) is 0 Å². The third-order valence-corrected chi connectivity index (χ3v) is 10.2. The van der Waals surface area contributed by atoms with Crippen LogP contribution in [0.2, 0.25) is 0 Å². The highest BCUT2D eigenvalue weighted by atomic mass is 16.6. The number of hydrogen-bond donors (Lipinski definition) is 1. The van der Waals surface area contributed by atoms with Crippen molar-refractivity contribution >= 4 is 17.9 Å². The van der Waals surface area contributed by atoms with Crippen LogP contribution in [-0.2, 0) is 28.6 Å². The zero-order valence-electron chi connectivity index (χ0n) is 40.0. The molecular weight excluding hydrogens is 775 g/mol. The quantitative estimate of drug-likeness (QED) is 0.0282. The molecule has 62 heavy (non-hydrogen) atoms. The summed E-state index contributed by atoms with van der Waals surface area (Å²) in [5.74, 6) is -1.58. The second-order valence-electron chi connectivity index (χ2n) is 17.0. The molecule has 0 aliphatic carbocycles. The topological polar surface area (TPSA) is 99.1 Å². The van der Waals surface area contributed by atoms with Crippen LogP contribution >= 0.6 is 0 Å². The van der Waals surface area contributed by atoms with Crippen molar-refractivity contribution < 1.29 is 38.2 Å². The van der Waals surface area contributed by atoms with Gasteiger partial charge in [-0.1, -0.05) is 156 Å². The Kier molecular flexibility index (Phi) is 41.2. The van der Waals surface area contributed by atoms with Gasteiger partial charge in [-0.15, -0.1) is 0 Å². The van der Waals surface area contributed by atoms with E-state index in [1.54, 1.807) is 0 Å². The SMILES string of the molecule is CCCCC/C=C/C/C=C/C/C=C/C/C=C/CCCCCCCC(=O)OCC(COCCC(C(=O)O)[N+](C)(C)C)OC(=O)CCC/C=C/C/C=C/C/C=C/C/C=C/CCCCC. The lowest BCUT2D eigenvalue weighted by Crippen LogP contribution is -2.50. The maximum absolute atomic E-state index is 12.7. The van der Waals surface area contributed by atoms with Crippen molar-refractivity contribution in [1.29, 1.82) is 0 Å². The number of carbonyl (C=O) groups is 3. The van der Waals surface area contributed by atoms with E-state index < -0.39 is 18.1 Å². The fraction of sp³-hybridized carbons (Fsp3) is 0.648. The summed E-state index contributed by atoms with van der Waals surface area (Å²) < 4.78 is 17.2. The summed E-state index contributed by atoms with van der Waals surface area (Å²) in [6.45, 7) is 4.59. The molecule has 0 bridgehead atoms. The molecule has 0 aromatic heterocycles. The van der Waals surface area contributed by atoms with Crippen LogP contribution in [0.25, 0.3) is 0 Å². The summed E-state index contributed by atoms with van der Waals surface area (Å²) >= 11 is 0. The molecule has 0 spiro atoms. The Bertz CT molecular complexity index is 1330. The van der Waals surface area contributed by atoms with Gasteiger partial charge in [-0.05, 0) is 96.3 Å². The summed E-state index contributed by atoms with van der Waals surface area (Å²) in [7, 11) is 5.50. The van der Waals surface area contributed by atoms with Gasteiger partial charge in [0.05, 0.1) is 34.4 Å². The molecule has 0 heterocycles. The van der Waals surface area contributed by atoms with Crippen LogP contribution in [0.15, 0.2) is 97.2 Å². The van der Waals surface area contributed by atoms with Gasteiger partial charge in [0.1, 0.15) is 6.61 Å². The highest BCUT2D eigenvalue weighted by Gasteiger charge is 2.31. The van der Waals surface area contributed by atoms with E-state index in [0.717, 1.165) is 83.5 Å². The predicted molar refractivity (Wildman–Crippen MR) is 261 cm³/mol. The highest BCUT2D eigenvalue weighted by Crippen LogP contribution is 2.12. The predicted octanol–water partition coefficient (Wildman–Crippen LogP) is 13.9. The number of ether oxygens (including phenoxy) is 3. The molecule has 0 amide bonds. The lowest BCUT2D eigenvalue weighted by Gasteiger charge is -2.31. The number of quaternary nitrogens is 1. The van der Waals surface area contributed by atoms with Gasteiger partial charge in [-0.25, -0.2) is 4.79 Å². The van der Waals surface area contributed by atoms with Gasteiger partial charge in [0.2, 0.25) is 0 Å². The first-order chi connectivity index (χ1) is 30.1. The molecule has 2 atom stereocenters. The number of hydrogen-bond acceptors (Lipinski definition) is 6. The minimum atomic E-state index is -0.890. The number of carboxylic acid groups (broad SMARTS) is 1. The Balaban J connectivity index is 4.43. The fourth-order valence-corrected chi connectivity index (χ4v) is 6.42. The molecule has 0 aromatic carbocycles. The summed E-state index contributed by atoms with van der Waals surface area (Å²) in [6, 6.07) is -0.633. The first-order valence-electron chi connectivity index (χ1n) is 24.3. The average Bonchev–Trinajstić information content (AvgIpc) is 3.23. The minimum absolute atomic E-state index is 0.0269. The largest absolute Gasteiger partial charge is 0.477 e. The zero-order valence-corrected chi connectivity index (χ0v) is 40.0. The third-order valence-electron chi connectivity index (χ3n) is 10.2. The van der Waals surface area contributed by atoms with Crippen molar-refractivity contribution in [3.05, 3.63) is 97.2 Å². The van der Waals surface area contributed by atoms with Crippen LogP contribution in [0.5, 0.6) is 0 Å². The second-order valence-corrected chi connectivity index (χ2v) is 17.0. The van der Waals surface area contributed by atoms with Crippen molar-refractivity contribution in [3.63, 3.8) is 0 Å². The maximum atomic E-state index is 12.7. The van der Waals surface area contributed by atoms with E-state index in [4.69, 9.17) is 14.2 Å². The normalized spacial score (nSPS) is 13.8. The molecule has 0 aliphatic heterocycles. The van der Waals surface area contributed by atoms with E-state index in [-0.39, 0.29) is 42.7 Å². The number of carboxylic acids is 1. The van der Waals surface area contributed by atoms with Gasteiger partial charge in [-0.3, -0.25) is 9.59 Å². The number of allylic oxidation sites excluding steroid dienone is 16. The van der Waals surface area contributed by atoms with Gasteiger partial charge in [0, 0.05) is 19.3 Å². The van der Waals surface area contributed by atoms with Gasteiger partial charge in [0.15, 0.2) is 12.1 Å². The molecule has 0 saturated heterocycles. The summed E-state index contributed by atoms with van der Waals surface area (Å²) in [6.07, 6.45) is 58.8. The molecule has 0 aliphatic rings. The van der Waals surface area contributed by atoms with Crippen LogP contribution in [-0.4, -0.2) is 80.6 Å². The summed E-state index contributed by atoms with van der Waals surface area (Å²) in [4.78, 5) is 37.1. The highest BCUT2D eigenvalue weighted by molar-refractivity contribution is 5.72. The van der Waals surface area contributed by atoms with E-state index >= 15 is 0 Å². The van der Waals surface area contributed by atoms with Gasteiger partial charge < -0.3 is 23.8 Å². The van der Waals surface area contributed by atoms with E-state index in [9.17, 15) is 19.5 Å². The molecule has 0 fully saturated rings. The van der Waals surface area contributed by atoms with Gasteiger partial charge >= 0.3 is 17.9 Å². The molecule has 0 radical (unpaired) electrons. The molecule has 0 rings (SSSR count). The number of nitrogens with zero attached hydrogens (tertiary/aromatic N) is 1. The maximum Gasteiger partial charge on any atom is 0.362 e. The van der Waals surface area contributed by atoms with Crippen molar-refractivity contribution in [2.24, 2.45) is 0 Å². The first-order valence-corrected chi connectivity index (χ1v) is 24.3. The summed E-state index contributed by atoms with van der Waals surface area (Å²) in [5.41, 5.74) is 0. The Morgan fingerprint density at radius 1 is 0.484 bits per heavy atom. The molecule has 0 aromatic rings. The second kappa shape index (κ2) is 43.9. The standard InChI is InChI=1S/C54H89NO7/c1-6-8-10-12-14-16-18-20-22-24-25-26-27-29-30-32-34-36-38-40-42-44-52(56)61-49-50(48-60-47-46-51(54(58)59)55(3,4)5)62-53(57)45-43-41-39-37-35-33-31-28-23-21-19-17-15-13-11-9-7-2/h14-17,20-23,25-26,29-31,33,37,39,50-51H,6-13,18-19,24,27-28,32,34-36,38,40-49H2,1-5H3/p+1/b16-14+,17-15+,22-20+,23-21+,26-25+,30-29+,33-31+,39-37+. The molecule has 2 unspecified atom stereocenters. The van der Waals surface area contributed by atoms with E-state index in [0.29, 0.717) is 19.3 Å². The third kappa shape index (κ3) is 41.6. The Morgan fingerprint density at radius 2 is 0.871 bits per heavy atom. The van der Waals surface area contributed by atoms with Gasteiger partial charge in [0.25, 0.3) is 0 Å². The zero-order chi connectivity index (χ0) is 45.6. The molecule has 1 N–H and O–H groups in total. The number of rotatable bonds is 42. The van der Waals surface area contributed by atoms with Crippen molar-refractivity contribution in [3.8, 4) is 0 Å². The van der Waals surface area contributed by atoms with Crippen LogP contribution < -0.4 is 0 Å². The molecule has 8 heteroatoms. The Morgan fingerprint density at radius 3 is 1.31 bits per heavy atom. The number of likely N-dealkylation sites (N-methyl/N-ethyl adjacent to an activating group) is 1. The number of carbonyl (C=O) groups excluding carboxylic acids is 2. The number of aliphatic carboxylic acids is 1. The molecule has 0 saturated carbocycles. The van der Waals surface area contributed by atoms with Crippen molar-refractivity contribution in [2.75, 3.05) is 41.0 Å². The Hall–Kier alpha value is -3.75. The van der Waals surface area contributed by atoms with E-state index in [1.165, 1.54) is 51.4 Å². The summed E-state index contributed by atoms with van der Waals surface area (Å²) in [5, 5.41) is 9.64. The Labute approximate surface area is 379 Å². The lowest BCUT2D eigenvalue weighted by molar-refractivity contribution is -0.887. The van der Waals surface area contributed by atoms with Crippen LogP contribution in [0.1, 0.15) is 174 Å². The smallest absolute Gasteiger partial charge is 0.362 e. The minimum Gasteiger partial charge on any atom is -0.477 e. The molecule has 352 valence electrons. The lowest BCUT2D eigenvalue weighted by atomic mass is 10.1. The monoisotopic (exact) mass is 865 g/mol. The fourth-order valence-electron chi connectivity index (χ4n) is 6.42. The van der Waals surface area contributed by atoms with Crippen LogP contribution in [0.4, 0.5) is 0 Å². The molecule has 8 nitrogen and oxygen atoms in total.